The summed E-state index contributed by atoms with van der Waals surface area (Å²) in [6.45, 7) is 0. The molecule has 0 fully saturated rings. The smallest absolute Gasteiger partial charge is 0.0947 e. The largest absolute Gasteiger partial charge is 0.340 e. The third kappa shape index (κ3) is 2.43. The molecule has 0 saturated carbocycles. The molecule has 1 N–H and O–H groups in total. The summed E-state index contributed by atoms with van der Waals surface area (Å²) in [5.74, 6) is 0. The zero-order chi connectivity index (χ0) is 10.7. The van der Waals surface area contributed by atoms with Crippen molar-refractivity contribution in [3.63, 3.8) is 0 Å². The Kier molecular flexibility index (Phi) is 3.13. The Hall–Kier alpha value is -1.20. The van der Waals surface area contributed by atoms with Gasteiger partial charge in [0.1, 0.15) is 0 Å². The lowest BCUT2D eigenvalue weighted by Crippen LogP contribution is -2.19. The first-order chi connectivity index (χ1) is 7.29. The highest BCUT2D eigenvalue weighted by molar-refractivity contribution is 7.09. The summed E-state index contributed by atoms with van der Waals surface area (Å²) in [4.78, 5) is 8.63. The fourth-order valence-corrected chi connectivity index (χ4v) is 2.16. The van der Waals surface area contributed by atoms with E-state index in [9.17, 15) is 0 Å². The molecule has 2 rings (SSSR count). The molecule has 0 bridgehead atoms. The average Bonchev–Trinajstić information content (AvgIpc) is 2.85. The second-order valence-electron chi connectivity index (χ2n) is 3.44. The Morgan fingerprint density at radius 2 is 2.40 bits per heavy atom. The molecule has 15 heavy (non-hydrogen) atoms. The third-order valence-electron chi connectivity index (χ3n) is 2.29. The van der Waals surface area contributed by atoms with E-state index in [0.717, 1.165) is 17.1 Å². The number of thiazole rings is 1. The van der Waals surface area contributed by atoms with Crippen LogP contribution in [0, 0.1) is 0 Å². The minimum atomic E-state index is 0.248. The van der Waals surface area contributed by atoms with Crippen molar-refractivity contribution in [3.8, 4) is 0 Å². The van der Waals surface area contributed by atoms with Gasteiger partial charge >= 0.3 is 0 Å². The van der Waals surface area contributed by atoms with Gasteiger partial charge in [0, 0.05) is 31.2 Å². The van der Waals surface area contributed by atoms with Gasteiger partial charge in [-0.3, -0.25) is 0 Å². The lowest BCUT2D eigenvalue weighted by Gasteiger charge is -2.11. The molecule has 0 aliphatic heterocycles. The highest BCUT2D eigenvalue weighted by Crippen LogP contribution is 2.17. The van der Waals surface area contributed by atoms with Crippen LogP contribution in [-0.2, 0) is 13.5 Å². The van der Waals surface area contributed by atoms with Gasteiger partial charge < -0.3 is 9.88 Å². The summed E-state index contributed by atoms with van der Waals surface area (Å²) in [5.41, 5.74) is 1.07. The maximum absolute atomic E-state index is 4.34. The second kappa shape index (κ2) is 4.55. The Bertz CT molecular complexity index is 407. The van der Waals surface area contributed by atoms with E-state index in [1.807, 2.05) is 42.8 Å². The molecule has 0 aliphatic carbocycles. The molecule has 0 spiro atoms. The third-order valence-corrected chi connectivity index (χ3v) is 3.09. The lowest BCUT2D eigenvalue weighted by molar-refractivity contribution is 0.576. The van der Waals surface area contributed by atoms with E-state index in [-0.39, 0.29) is 6.04 Å². The molecule has 2 aromatic rings. The summed E-state index contributed by atoms with van der Waals surface area (Å²) in [5, 5.41) is 6.40. The zero-order valence-electron chi connectivity index (χ0n) is 8.84. The molecule has 4 nitrogen and oxygen atoms in total. The minimum absolute atomic E-state index is 0.248. The molecule has 2 aromatic heterocycles. The van der Waals surface area contributed by atoms with Gasteiger partial charge in [-0.25, -0.2) is 9.97 Å². The van der Waals surface area contributed by atoms with E-state index < -0.39 is 0 Å². The van der Waals surface area contributed by atoms with E-state index in [0.29, 0.717) is 0 Å². The topological polar surface area (TPSA) is 42.7 Å². The molecule has 0 amide bonds. The van der Waals surface area contributed by atoms with Crippen LogP contribution in [0.5, 0.6) is 0 Å². The van der Waals surface area contributed by atoms with Crippen LogP contribution in [0.2, 0.25) is 0 Å². The van der Waals surface area contributed by atoms with Crippen LogP contribution in [-0.4, -0.2) is 21.6 Å². The predicted molar refractivity (Wildman–Crippen MR) is 60.8 cm³/mol. The highest BCUT2D eigenvalue weighted by Gasteiger charge is 2.13. The number of hydrogen-bond donors (Lipinski definition) is 1. The molecule has 5 heteroatoms. The molecule has 1 unspecified atom stereocenters. The van der Waals surface area contributed by atoms with Gasteiger partial charge in [0.25, 0.3) is 0 Å². The van der Waals surface area contributed by atoms with Gasteiger partial charge in [0.05, 0.1) is 23.1 Å². The van der Waals surface area contributed by atoms with Crippen LogP contribution in [0.3, 0.4) is 0 Å². The first kappa shape index (κ1) is 10.3. The van der Waals surface area contributed by atoms with Crippen LogP contribution in [0.15, 0.2) is 24.1 Å². The van der Waals surface area contributed by atoms with Gasteiger partial charge in [-0.1, -0.05) is 0 Å². The van der Waals surface area contributed by atoms with Crippen LogP contribution in [0.1, 0.15) is 16.7 Å². The molecule has 0 aliphatic rings. The van der Waals surface area contributed by atoms with Crippen LogP contribution in [0.4, 0.5) is 0 Å². The van der Waals surface area contributed by atoms with E-state index in [1.54, 1.807) is 11.3 Å². The van der Waals surface area contributed by atoms with Gasteiger partial charge in [0.2, 0.25) is 0 Å². The van der Waals surface area contributed by atoms with E-state index in [2.05, 4.69) is 15.3 Å². The number of aryl methyl sites for hydroxylation is 1. The Morgan fingerprint density at radius 3 is 2.93 bits per heavy atom. The number of hydrogen-bond acceptors (Lipinski definition) is 4. The van der Waals surface area contributed by atoms with Gasteiger partial charge in [-0.05, 0) is 7.05 Å². The maximum atomic E-state index is 4.34. The normalized spacial score (nSPS) is 12.9. The number of nitrogens with zero attached hydrogens (tertiary/aromatic N) is 3. The zero-order valence-corrected chi connectivity index (χ0v) is 9.66. The maximum Gasteiger partial charge on any atom is 0.0947 e. The van der Waals surface area contributed by atoms with Crippen molar-refractivity contribution in [2.75, 3.05) is 7.05 Å². The minimum Gasteiger partial charge on any atom is -0.340 e. The molecule has 80 valence electrons. The molecular formula is C10H14N4S. The molecule has 0 aromatic carbocycles. The number of likely N-dealkylation sites (N-methyl/N-ethyl adjacent to an activating group) is 1. The van der Waals surface area contributed by atoms with Crippen LogP contribution < -0.4 is 5.32 Å². The Labute approximate surface area is 93.0 Å². The molecule has 2 heterocycles. The standard InChI is InChI=1S/C10H14N4S/c1-11-8(5-10-12-3-4-15-10)9-6-14(2)7-13-9/h3-4,6-8,11H,5H2,1-2H3. The van der Waals surface area contributed by atoms with Crippen LogP contribution in [0.25, 0.3) is 0 Å². The van der Waals surface area contributed by atoms with Gasteiger partial charge in [-0.15, -0.1) is 11.3 Å². The predicted octanol–water partition coefficient (Wildman–Crippen LogP) is 1.38. The first-order valence-electron chi connectivity index (χ1n) is 4.83. The summed E-state index contributed by atoms with van der Waals surface area (Å²) < 4.78 is 1.96. The van der Waals surface area contributed by atoms with E-state index in [1.165, 1.54) is 0 Å². The van der Waals surface area contributed by atoms with Gasteiger partial charge in [-0.2, -0.15) is 0 Å². The lowest BCUT2D eigenvalue weighted by atomic mass is 10.1. The Morgan fingerprint density at radius 1 is 1.53 bits per heavy atom. The summed E-state index contributed by atoms with van der Waals surface area (Å²) in [6, 6.07) is 0.248. The van der Waals surface area contributed by atoms with E-state index >= 15 is 0 Å². The average molecular weight is 222 g/mol. The number of aromatic nitrogens is 3. The first-order valence-corrected chi connectivity index (χ1v) is 5.71. The number of imidazole rings is 1. The molecular weight excluding hydrogens is 208 g/mol. The van der Waals surface area contributed by atoms with Crippen molar-refractivity contribution >= 4 is 11.3 Å². The summed E-state index contributed by atoms with van der Waals surface area (Å²) in [6.07, 6.45) is 6.59. The SMILES string of the molecule is CNC(Cc1nccs1)c1cn(C)cn1. The van der Waals surface area contributed by atoms with Crippen molar-refractivity contribution in [2.45, 2.75) is 12.5 Å². The fraction of sp³-hybridized carbons (Fsp3) is 0.400. The monoisotopic (exact) mass is 222 g/mol. The van der Waals surface area contributed by atoms with Crippen molar-refractivity contribution < 1.29 is 0 Å². The second-order valence-corrected chi connectivity index (χ2v) is 4.41. The van der Waals surface area contributed by atoms with E-state index in [4.69, 9.17) is 0 Å². The molecule has 1 atom stereocenters. The van der Waals surface area contributed by atoms with Crippen molar-refractivity contribution in [2.24, 2.45) is 7.05 Å². The molecule has 0 radical (unpaired) electrons. The number of rotatable bonds is 4. The van der Waals surface area contributed by atoms with Crippen molar-refractivity contribution in [3.05, 3.63) is 34.8 Å². The van der Waals surface area contributed by atoms with Crippen molar-refractivity contribution in [1.82, 2.24) is 19.9 Å². The fourth-order valence-electron chi connectivity index (χ4n) is 1.50. The number of nitrogens with one attached hydrogen (secondary N) is 1. The summed E-state index contributed by atoms with van der Waals surface area (Å²) in [7, 11) is 3.93. The van der Waals surface area contributed by atoms with Crippen LogP contribution >= 0.6 is 11.3 Å². The Balaban J connectivity index is 2.11. The van der Waals surface area contributed by atoms with Crippen molar-refractivity contribution in [1.29, 1.82) is 0 Å². The quantitative estimate of drug-likeness (QED) is 0.850. The summed E-state index contributed by atoms with van der Waals surface area (Å²) >= 11 is 1.68. The van der Waals surface area contributed by atoms with Gasteiger partial charge in [0.15, 0.2) is 0 Å². The molecule has 0 saturated heterocycles. The highest BCUT2D eigenvalue weighted by atomic mass is 32.1.